The molecule has 0 radical (unpaired) electrons. The van der Waals surface area contributed by atoms with E-state index in [0.717, 1.165) is 10.4 Å². The number of aromatic nitrogens is 1. The first-order valence-corrected chi connectivity index (χ1v) is 4.79. The van der Waals surface area contributed by atoms with Gasteiger partial charge in [-0.15, -0.1) is 0 Å². The molecular formula is C9H5ClFNS. The van der Waals surface area contributed by atoms with Crippen molar-refractivity contribution >= 4 is 23.1 Å². The summed E-state index contributed by atoms with van der Waals surface area (Å²) in [4.78, 5) is 0.949. The Morgan fingerprint density at radius 1 is 1.23 bits per heavy atom. The van der Waals surface area contributed by atoms with E-state index in [9.17, 15) is 4.39 Å². The van der Waals surface area contributed by atoms with Gasteiger partial charge in [-0.05, 0) is 35.3 Å². The number of hydrogen-bond acceptors (Lipinski definition) is 2. The smallest absolute Gasteiger partial charge is 0.143 e. The number of benzene rings is 1. The second kappa shape index (κ2) is 3.44. The molecule has 0 saturated heterocycles. The van der Waals surface area contributed by atoms with Crippen molar-refractivity contribution in [3.63, 3.8) is 0 Å². The molecule has 1 heterocycles. The van der Waals surface area contributed by atoms with Crippen LogP contribution in [0.5, 0.6) is 0 Å². The van der Waals surface area contributed by atoms with Crippen LogP contribution in [-0.4, -0.2) is 4.37 Å². The molecule has 0 unspecified atom stereocenters. The fraction of sp³-hybridized carbons (Fsp3) is 0. The van der Waals surface area contributed by atoms with Gasteiger partial charge >= 0.3 is 0 Å². The number of rotatable bonds is 1. The van der Waals surface area contributed by atoms with Crippen LogP contribution in [-0.2, 0) is 0 Å². The summed E-state index contributed by atoms with van der Waals surface area (Å²) >= 11 is 6.97. The zero-order valence-electron chi connectivity index (χ0n) is 6.50. The van der Waals surface area contributed by atoms with Crippen LogP contribution in [0.4, 0.5) is 4.39 Å². The second-order valence-electron chi connectivity index (χ2n) is 2.52. The van der Waals surface area contributed by atoms with Crippen molar-refractivity contribution < 1.29 is 4.39 Å². The summed E-state index contributed by atoms with van der Waals surface area (Å²) in [5, 5.41) is 0.476. The molecule has 13 heavy (non-hydrogen) atoms. The first kappa shape index (κ1) is 8.66. The minimum absolute atomic E-state index is 0.237. The molecule has 0 amide bonds. The molecule has 2 aromatic rings. The molecule has 0 aliphatic carbocycles. The normalized spacial score (nSPS) is 10.3. The van der Waals surface area contributed by atoms with Crippen LogP contribution < -0.4 is 0 Å². The van der Waals surface area contributed by atoms with E-state index in [4.69, 9.17) is 11.6 Å². The first-order chi connectivity index (χ1) is 6.25. The topological polar surface area (TPSA) is 12.9 Å². The molecule has 0 aliphatic rings. The van der Waals surface area contributed by atoms with Gasteiger partial charge in [0.1, 0.15) is 11.0 Å². The largest absolute Gasteiger partial charge is 0.207 e. The lowest BCUT2D eigenvalue weighted by molar-refractivity contribution is 0.628. The molecule has 2 rings (SSSR count). The van der Waals surface area contributed by atoms with E-state index in [1.165, 1.54) is 23.7 Å². The SMILES string of the molecule is Fc1ccc(-c2cc(Cl)ns2)cc1. The van der Waals surface area contributed by atoms with Gasteiger partial charge in [0.25, 0.3) is 0 Å². The fourth-order valence-electron chi connectivity index (χ4n) is 1.00. The van der Waals surface area contributed by atoms with Crippen molar-refractivity contribution in [3.8, 4) is 10.4 Å². The molecule has 0 atom stereocenters. The van der Waals surface area contributed by atoms with Gasteiger partial charge in [0, 0.05) is 0 Å². The molecule has 66 valence electrons. The standard InChI is InChI=1S/C9H5ClFNS/c10-9-5-8(13-12-9)6-1-3-7(11)4-2-6/h1-5H. The van der Waals surface area contributed by atoms with Gasteiger partial charge in [-0.25, -0.2) is 4.39 Å². The Labute approximate surface area is 84.0 Å². The van der Waals surface area contributed by atoms with E-state index < -0.39 is 0 Å². The van der Waals surface area contributed by atoms with Crippen LogP contribution in [0.3, 0.4) is 0 Å². The van der Waals surface area contributed by atoms with Crippen LogP contribution in [0, 0.1) is 5.82 Å². The van der Waals surface area contributed by atoms with Crippen LogP contribution in [0.25, 0.3) is 10.4 Å². The zero-order chi connectivity index (χ0) is 9.26. The Morgan fingerprint density at radius 3 is 2.46 bits per heavy atom. The van der Waals surface area contributed by atoms with Crippen LogP contribution in [0.15, 0.2) is 30.3 Å². The molecule has 4 heteroatoms. The van der Waals surface area contributed by atoms with Crippen molar-refractivity contribution in [1.29, 1.82) is 0 Å². The van der Waals surface area contributed by atoms with Gasteiger partial charge in [0.2, 0.25) is 0 Å². The van der Waals surface area contributed by atoms with E-state index in [1.807, 2.05) is 0 Å². The lowest BCUT2D eigenvalue weighted by Crippen LogP contribution is -1.73. The molecule has 0 N–H and O–H groups in total. The maximum atomic E-state index is 12.6. The molecule has 0 fully saturated rings. The summed E-state index contributed by atoms with van der Waals surface area (Å²) in [5.74, 6) is -0.237. The van der Waals surface area contributed by atoms with Crippen LogP contribution in [0.1, 0.15) is 0 Å². The Morgan fingerprint density at radius 2 is 1.92 bits per heavy atom. The van der Waals surface area contributed by atoms with Gasteiger partial charge in [-0.3, -0.25) is 0 Å². The van der Waals surface area contributed by atoms with Crippen molar-refractivity contribution in [3.05, 3.63) is 41.3 Å². The molecule has 0 aliphatic heterocycles. The number of nitrogens with zero attached hydrogens (tertiary/aromatic N) is 1. The third-order valence-electron chi connectivity index (χ3n) is 1.61. The highest BCUT2D eigenvalue weighted by molar-refractivity contribution is 7.09. The van der Waals surface area contributed by atoms with Crippen LogP contribution in [0.2, 0.25) is 5.15 Å². The highest BCUT2D eigenvalue weighted by Crippen LogP contribution is 2.26. The first-order valence-electron chi connectivity index (χ1n) is 3.64. The highest BCUT2D eigenvalue weighted by atomic mass is 35.5. The van der Waals surface area contributed by atoms with Crippen molar-refractivity contribution in [2.24, 2.45) is 0 Å². The van der Waals surface area contributed by atoms with E-state index in [1.54, 1.807) is 18.2 Å². The van der Waals surface area contributed by atoms with E-state index in [2.05, 4.69) is 4.37 Å². The molecule has 0 spiro atoms. The molecule has 1 aromatic heterocycles. The van der Waals surface area contributed by atoms with Crippen molar-refractivity contribution in [1.82, 2.24) is 4.37 Å². The average molecular weight is 214 g/mol. The predicted octanol–water partition coefficient (Wildman–Crippen LogP) is 3.60. The third-order valence-corrected chi connectivity index (χ3v) is 2.74. The quantitative estimate of drug-likeness (QED) is 0.705. The Bertz CT molecular complexity index is 410. The van der Waals surface area contributed by atoms with Gasteiger partial charge in [-0.1, -0.05) is 23.7 Å². The van der Waals surface area contributed by atoms with Crippen molar-refractivity contribution in [2.75, 3.05) is 0 Å². The number of halogens is 2. The molecule has 1 aromatic carbocycles. The fourth-order valence-corrected chi connectivity index (χ4v) is 1.93. The molecule has 0 saturated carbocycles. The summed E-state index contributed by atoms with van der Waals surface area (Å²) in [7, 11) is 0. The maximum absolute atomic E-state index is 12.6. The summed E-state index contributed by atoms with van der Waals surface area (Å²) in [6.45, 7) is 0. The van der Waals surface area contributed by atoms with Gasteiger partial charge in [-0.2, -0.15) is 4.37 Å². The number of hydrogen-bond donors (Lipinski definition) is 0. The monoisotopic (exact) mass is 213 g/mol. The van der Waals surface area contributed by atoms with Crippen molar-refractivity contribution in [2.45, 2.75) is 0 Å². The minimum atomic E-state index is -0.237. The average Bonchev–Trinajstić information content (AvgIpc) is 2.53. The Hall–Kier alpha value is -0.930. The van der Waals surface area contributed by atoms with Crippen LogP contribution >= 0.6 is 23.1 Å². The van der Waals surface area contributed by atoms with Gasteiger partial charge in [0.15, 0.2) is 0 Å². The van der Waals surface area contributed by atoms with E-state index in [0.29, 0.717) is 5.15 Å². The Balaban J connectivity index is 2.41. The minimum Gasteiger partial charge on any atom is -0.207 e. The highest BCUT2D eigenvalue weighted by Gasteiger charge is 2.02. The van der Waals surface area contributed by atoms with E-state index in [-0.39, 0.29) is 5.82 Å². The molecular weight excluding hydrogens is 209 g/mol. The summed E-state index contributed by atoms with van der Waals surface area (Å²) in [6, 6.07) is 8.02. The van der Waals surface area contributed by atoms with Gasteiger partial charge < -0.3 is 0 Å². The van der Waals surface area contributed by atoms with Gasteiger partial charge in [0.05, 0.1) is 4.88 Å². The zero-order valence-corrected chi connectivity index (χ0v) is 8.07. The lowest BCUT2D eigenvalue weighted by Gasteiger charge is -1.94. The summed E-state index contributed by atoms with van der Waals surface area (Å²) < 4.78 is 16.5. The maximum Gasteiger partial charge on any atom is 0.143 e. The predicted molar refractivity (Wildman–Crippen MR) is 52.5 cm³/mol. The molecule has 0 bridgehead atoms. The molecule has 1 nitrogen and oxygen atoms in total. The summed E-state index contributed by atoms with van der Waals surface area (Å²) in [6.07, 6.45) is 0. The third kappa shape index (κ3) is 1.87. The van der Waals surface area contributed by atoms with E-state index >= 15 is 0 Å². The summed E-state index contributed by atoms with van der Waals surface area (Å²) in [5.41, 5.74) is 0.936. The lowest BCUT2D eigenvalue weighted by atomic mass is 10.2. The Kier molecular flexibility index (Phi) is 2.29. The second-order valence-corrected chi connectivity index (χ2v) is 3.71.